The zero-order valence-electron chi connectivity index (χ0n) is 10.2. The number of ether oxygens (including phenoxy) is 1. The van der Waals surface area contributed by atoms with Crippen molar-refractivity contribution in [1.29, 1.82) is 0 Å². The first-order valence-corrected chi connectivity index (χ1v) is 5.78. The van der Waals surface area contributed by atoms with Crippen LogP contribution in [-0.2, 0) is 4.74 Å². The summed E-state index contributed by atoms with van der Waals surface area (Å²) in [6.45, 7) is 6.14. The summed E-state index contributed by atoms with van der Waals surface area (Å²) in [5.41, 5.74) is 1.01. The van der Waals surface area contributed by atoms with Gasteiger partial charge < -0.3 is 9.64 Å². The summed E-state index contributed by atoms with van der Waals surface area (Å²) in [7, 11) is 1.78. The minimum atomic E-state index is 0.290. The van der Waals surface area contributed by atoms with E-state index in [4.69, 9.17) is 4.74 Å². The van der Waals surface area contributed by atoms with Crippen LogP contribution in [0, 0.1) is 12.8 Å². The minimum absolute atomic E-state index is 0.290. The molecule has 0 saturated carbocycles. The predicted molar refractivity (Wildman–Crippen MR) is 63.6 cm³/mol. The van der Waals surface area contributed by atoms with E-state index < -0.39 is 0 Å². The molecule has 1 fully saturated rings. The van der Waals surface area contributed by atoms with Gasteiger partial charge in [-0.3, -0.25) is 0 Å². The Morgan fingerprint density at radius 3 is 3.00 bits per heavy atom. The highest BCUT2D eigenvalue weighted by Crippen LogP contribution is 2.22. The lowest BCUT2D eigenvalue weighted by Crippen LogP contribution is -2.44. The second kappa shape index (κ2) is 4.78. The van der Waals surface area contributed by atoms with Gasteiger partial charge in [-0.1, -0.05) is 6.92 Å². The van der Waals surface area contributed by atoms with E-state index in [2.05, 4.69) is 21.8 Å². The van der Waals surface area contributed by atoms with Gasteiger partial charge >= 0.3 is 0 Å². The Morgan fingerprint density at radius 2 is 2.31 bits per heavy atom. The Morgan fingerprint density at radius 1 is 1.50 bits per heavy atom. The summed E-state index contributed by atoms with van der Waals surface area (Å²) >= 11 is 0. The van der Waals surface area contributed by atoms with Crippen molar-refractivity contribution >= 4 is 5.95 Å². The zero-order chi connectivity index (χ0) is 11.5. The van der Waals surface area contributed by atoms with E-state index in [0.29, 0.717) is 5.92 Å². The zero-order valence-corrected chi connectivity index (χ0v) is 10.2. The van der Waals surface area contributed by atoms with E-state index in [0.717, 1.165) is 31.2 Å². The molecule has 2 heterocycles. The average Bonchev–Trinajstić information content (AvgIpc) is 2.29. The highest BCUT2D eigenvalue weighted by atomic mass is 16.5. The van der Waals surface area contributed by atoms with Crippen LogP contribution in [0.4, 0.5) is 5.95 Å². The van der Waals surface area contributed by atoms with Crippen molar-refractivity contribution in [3.63, 3.8) is 0 Å². The fraction of sp³-hybridized carbons (Fsp3) is 0.667. The predicted octanol–water partition coefficient (Wildman–Crippen LogP) is 1.65. The molecule has 0 bridgehead atoms. The molecule has 2 unspecified atom stereocenters. The van der Waals surface area contributed by atoms with Crippen LogP contribution in [0.5, 0.6) is 0 Å². The third-order valence-electron chi connectivity index (χ3n) is 3.26. The number of nitrogens with zero attached hydrogens (tertiary/aromatic N) is 3. The molecular weight excluding hydrogens is 202 g/mol. The van der Waals surface area contributed by atoms with E-state index in [-0.39, 0.29) is 6.10 Å². The Balaban J connectivity index is 2.11. The highest BCUT2D eigenvalue weighted by molar-refractivity contribution is 5.31. The highest BCUT2D eigenvalue weighted by Gasteiger charge is 2.27. The van der Waals surface area contributed by atoms with Crippen LogP contribution in [0.15, 0.2) is 12.3 Å². The maximum atomic E-state index is 5.49. The number of piperidine rings is 1. The van der Waals surface area contributed by atoms with Crippen molar-refractivity contribution in [3.8, 4) is 0 Å². The van der Waals surface area contributed by atoms with Crippen molar-refractivity contribution < 1.29 is 4.74 Å². The molecular formula is C12H19N3O. The lowest BCUT2D eigenvalue weighted by Gasteiger charge is -2.36. The first kappa shape index (κ1) is 11.3. The second-order valence-electron chi connectivity index (χ2n) is 4.48. The van der Waals surface area contributed by atoms with Crippen LogP contribution in [-0.4, -0.2) is 36.3 Å². The number of hydrogen-bond acceptors (Lipinski definition) is 4. The van der Waals surface area contributed by atoms with Crippen LogP contribution in [0.2, 0.25) is 0 Å². The van der Waals surface area contributed by atoms with Crippen molar-refractivity contribution in [3.05, 3.63) is 18.0 Å². The number of anilines is 1. The average molecular weight is 221 g/mol. The second-order valence-corrected chi connectivity index (χ2v) is 4.48. The Bertz CT molecular complexity index is 356. The van der Waals surface area contributed by atoms with Crippen molar-refractivity contribution in [2.75, 3.05) is 25.1 Å². The maximum Gasteiger partial charge on any atom is 0.225 e. The molecule has 0 N–H and O–H groups in total. The molecule has 2 rings (SSSR count). The van der Waals surface area contributed by atoms with Crippen LogP contribution in [0.1, 0.15) is 19.0 Å². The molecule has 0 amide bonds. The van der Waals surface area contributed by atoms with Crippen LogP contribution in [0.3, 0.4) is 0 Å². The fourth-order valence-corrected chi connectivity index (χ4v) is 2.11. The normalized spacial score (nSPS) is 25.8. The van der Waals surface area contributed by atoms with Crippen molar-refractivity contribution in [2.45, 2.75) is 26.4 Å². The van der Waals surface area contributed by atoms with Gasteiger partial charge in [-0.05, 0) is 25.3 Å². The summed E-state index contributed by atoms with van der Waals surface area (Å²) in [4.78, 5) is 11.0. The molecule has 88 valence electrons. The summed E-state index contributed by atoms with van der Waals surface area (Å²) in [6.07, 6.45) is 3.24. The molecule has 0 aliphatic carbocycles. The van der Waals surface area contributed by atoms with Gasteiger partial charge in [0.05, 0.1) is 6.10 Å². The van der Waals surface area contributed by atoms with Gasteiger partial charge in [0.1, 0.15) is 0 Å². The standard InChI is InChI=1S/C12H19N3O/c1-9-5-7-15(8-11(9)16-3)12-13-6-4-10(2)14-12/h4,6,9,11H,5,7-8H2,1-3H3. The summed E-state index contributed by atoms with van der Waals surface area (Å²) < 4.78 is 5.49. The Hall–Kier alpha value is -1.16. The molecule has 16 heavy (non-hydrogen) atoms. The van der Waals surface area contributed by atoms with E-state index in [1.807, 2.05) is 19.2 Å². The summed E-state index contributed by atoms with van der Waals surface area (Å²) in [6, 6.07) is 1.92. The lowest BCUT2D eigenvalue weighted by molar-refractivity contribution is 0.0494. The molecule has 1 aromatic rings. The molecule has 0 spiro atoms. The van der Waals surface area contributed by atoms with Gasteiger partial charge in [0.25, 0.3) is 0 Å². The summed E-state index contributed by atoms with van der Waals surface area (Å²) in [5.74, 6) is 1.44. The molecule has 1 saturated heterocycles. The number of methoxy groups -OCH3 is 1. The molecule has 1 aliphatic rings. The van der Waals surface area contributed by atoms with Gasteiger partial charge in [-0.15, -0.1) is 0 Å². The molecule has 4 heteroatoms. The van der Waals surface area contributed by atoms with E-state index in [1.165, 1.54) is 0 Å². The fourth-order valence-electron chi connectivity index (χ4n) is 2.11. The molecule has 1 aliphatic heterocycles. The first-order valence-electron chi connectivity index (χ1n) is 5.78. The van der Waals surface area contributed by atoms with Gasteiger partial charge in [0.15, 0.2) is 0 Å². The molecule has 1 aromatic heterocycles. The van der Waals surface area contributed by atoms with Crippen LogP contribution < -0.4 is 4.90 Å². The van der Waals surface area contributed by atoms with Crippen molar-refractivity contribution in [1.82, 2.24) is 9.97 Å². The lowest BCUT2D eigenvalue weighted by atomic mass is 9.96. The first-order chi connectivity index (χ1) is 7.70. The van der Waals surface area contributed by atoms with E-state index in [1.54, 1.807) is 7.11 Å². The van der Waals surface area contributed by atoms with E-state index in [9.17, 15) is 0 Å². The van der Waals surface area contributed by atoms with Crippen LogP contribution in [0.25, 0.3) is 0 Å². The molecule has 0 aromatic carbocycles. The van der Waals surface area contributed by atoms with Gasteiger partial charge in [-0.25, -0.2) is 9.97 Å². The number of aryl methyl sites for hydroxylation is 1. The Kier molecular flexibility index (Phi) is 3.39. The van der Waals surface area contributed by atoms with Crippen LogP contribution >= 0.6 is 0 Å². The third kappa shape index (κ3) is 2.32. The molecule has 4 nitrogen and oxygen atoms in total. The topological polar surface area (TPSA) is 38.2 Å². The number of rotatable bonds is 2. The smallest absolute Gasteiger partial charge is 0.225 e. The molecule has 0 radical (unpaired) electrons. The van der Waals surface area contributed by atoms with Gasteiger partial charge in [0.2, 0.25) is 5.95 Å². The van der Waals surface area contributed by atoms with Gasteiger partial charge in [0, 0.05) is 32.1 Å². The van der Waals surface area contributed by atoms with Crippen molar-refractivity contribution in [2.24, 2.45) is 5.92 Å². The molecule has 2 atom stereocenters. The quantitative estimate of drug-likeness (QED) is 0.761. The minimum Gasteiger partial charge on any atom is -0.379 e. The maximum absolute atomic E-state index is 5.49. The summed E-state index contributed by atoms with van der Waals surface area (Å²) in [5, 5.41) is 0. The largest absolute Gasteiger partial charge is 0.379 e. The number of aromatic nitrogens is 2. The third-order valence-corrected chi connectivity index (χ3v) is 3.26. The van der Waals surface area contributed by atoms with Gasteiger partial charge in [-0.2, -0.15) is 0 Å². The number of hydrogen-bond donors (Lipinski definition) is 0. The Labute approximate surface area is 96.7 Å². The van der Waals surface area contributed by atoms with E-state index >= 15 is 0 Å². The monoisotopic (exact) mass is 221 g/mol. The SMILES string of the molecule is COC1CN(c2nccc(C)n2)CCC1C.